The predicted octanol–water partition coefficient (Wildman–Crippen LogP) is 3.22. The minimum Gasteiger partial charge on any atom is -0.192 e. The largest absolute Gasteiger partial charge is 0.416 e. The molecule has 0 fully saturated rings. The SMILES string of the molecule is C=Cc1cc(C(F)(F)F)ccc1C#N. The molecule has 0 aliphatic rings. The zero-order valence-corrected chi connectivity index (χ0v) is 7.10. The van der Waals surface area contributed by atoms with E-state index in [1.54, 1.807) is 6.07 Å². The van der Waals surface area contributed by atoms with Crippen LogP contribution in [0.15, 0.2) is 24.8 Å². The number of benzene rings is 1. The smallest absolute Gasteiger partial charge is 0.192 e. The van der Waals surface area contributed by atoms with Crippen LogP contribution in [-0.2, 0) is 6.18 Å². The van der Waals surface area contributed by atoms with Gasteiger partial charge in [-0.25, -0.2) is 0 Å². The van der Waals surface area contributed by atoms with E-state index in [2.05, 4.69) is 6.58 Å². The highest BCUT2D eigenvalue weighted by Gasteiger charge is 2.30. The molecule has 0 amide bonds. The molecule has 0 spiro atoms. The van der Waals surface area contributed by atoms with E-state index in [-0.39, 0.29) is 11.1 Å². The monoisotopic (exact) mass is 197 g/mol. The molecule has 0 aliphatic heterocycles. The van der Waals surface area contributed by atoms with Gasteiger partial charge in [-0.05, 0) is 23.8 Å². The van der Waals surface area contributed by atoms with Crippen molar-refractivity contribution < 1.29 is 13.2 Å². The van der Waals surface area contributed by atoms with Crippen LogP contribution in [0, 0.1) is 11.3 Å². The fourth-order valence-electron chi connectivity index (χ4n) is 1.01. The summed E-state index contributed by atoms with van der Waals surface area (Å²) in [6, 6.07) is 4.71. The molecule has 0 atom stereocenters. The van der Waals surface area contributed by atoms with Crippen molar-refractivity contribution in [2.45, 2.75) is 6.18 Å². The number of hydrogen-bond acceptors (Lipinski definition) is 1. The van der Waals surface area contributed by atoms with E-state index in [0.717, 1.165) is 18.2 Å². The van der Waals surface area contributed by atoms with Gasteiger partial charge in [0.25, 0.3) is 0 Å². The molecule has 1 aromatic rings. The van der Waals surface area contributed by atoms with E-state index in [4.69, 9.17) is 5.26 Å². The lowest BCUT2D eigenvalue weighted by Crippen LogP contribution is -2.05. The Kier molecular flexibility index (Phi) is 2.61. The standard InChI is InChI=1S/C10H6F3N/c1-2-7-5-9(10(11,12)13)4-3-8(7)6-14/h2-5H,1H2. The quantitative estimate of drug-likeness (QED) is 0.678. The molecule has 1 rings (SSSR count). The Balaban J connectivity index is 3.30. The third-order valence-electron chi connectivity index (χ3n) is 1.72. The molecule has 0 bridgehead atoms. The van der Waals surface area contributed by atoms with Crippen molar-refractivity contribution in [1.29, 1.82) is 5.26 Å². The molecule has 0 aliphatic carbocycles. The lowest BCUT2D eigenvalue weighted by molar-refractivity contribution is -0.137. The maximum absolute atomic E-state index is 12.2. The first kappa shape index (κ1) is 10.3. The number of nitrogens with zero attached hydrogens (tertiary/aromatic N) is 1. The van der Waals surface area contributed by atoms with Crippen LogP contribution in [0.4, 0.5) is 13.2 Å². The fourth-order valence-corrected chi connectivity index (χ4v) is 1.01. The number of alkyl halides is 3. The Morgan fingerprint density at radius 3 is 2.43 bits per heavy atom. The van der Waals surface area contributed by atoms with E-state index in [1.807, 2.05) is 0 Å². The average Bonchev–Trinajstić information content (AvgIpc) is 2.15. The van der Waals surface area contributed by atoms with Crippen LogP contribution in [0.25, 0.3) is 6.08 Å². The van der Waals surface area contributed by atoms with Crippen molar-refractivity contribution >= 4 is 6.08 Å². The van der Waals surface area contributed by atoms with Gasteiger partial charge < -0.3 is 0 Å². The summed E-state index contributed by atoms with van der Waals surface area (Å²) in [6.45, 7) is 3.34. The van der Waals surface area contributed by atoms with E-state index in [0.29, 0.717) is 0 Å². The van der Waals surface area contributed by atoms with Crippen molar-refractivity contribution in [2.24, 2.45) is 0 Å². The summed E-state index contributed by atoms with van der Waals surface area (Å²) in [5.41, 5.74) is -0.387. The highest BCUT2D eigenvalue weighted by Crippen LogP contribution is 2.30. The molecule has 4 heteroatoms. The van der Waals surface area contributed by atoms with Crippen LogP contribution >= 0.6 is 0 Å². The summed E-state index contributed by atoms with van der Waals surface area (Å²) in [6.07, 6.45) is -3.15. The highest BCUT2D eigenvalue weighted by molar-refractivity contribution is 5.57. The zero-order valence-electron chi connectivity index (χ0n) is 7.10. The van der Waals surface area contributed by atoms with E-state index in [9.17, 15) is 13.2 Å². The Morgan fingerprint density at radius 2 is 2.00 bits per heavy atom. The number of hydrogen-bond donors (Lipinski definition) is 0. The van der Waals surface area contributed by atoms with E-state index >= 15 is 0 Å². The van der Waals surface area contributed by atoms with E-state index < -0.39 is 11.7 Å². The van der Waals surface area contributed by atoms with Gasteiger partial charge in [0.2, 0.25) is 0 Å². The second-order valence-corrected chi connectivity index (χ2v) is 2.62. The molecule has 14 heavy (non-hydrogen) atoms. The van der Waals surface area contributed by atoms with Gasteiger partial charge in [-0.15, -0.1) is 0 Å². The van der Waals surface area contributed by atoms with Crippen molar-refractivity contribution in [3.05, 3.63) is 41.5 Å². The maximum atomic E-state index is 12.2. The van der Waals surface area contributed by atoms with Crippen LogP contribution in [0.5, 0.6) is 0 Å². The van der Waals surface area contributed by atoms with Gasteiger partial charge in [-0.2, -0.15) is 18.4 Å². The Hall–Kier alpha value is -1.76. The summed E-state index contributed by atoms with van der Waals surface area (Å²) in [7, 11) is 0. The molecule has 1 aromatic carbocycles. The van der Waals surface area contributed by atoms with Crippen LogP contribution in [0.2, 0.25) is 0 Å². The highest BCUT2D eigenvalue weighted by atomic mass is 19.4. The molecule has 0 heterocycles. The van der Waals surface area contributed by atoms with Crippen LogP contribution < -0.4 is 0 Å². The zero-order chi connectivity index (χ0) is 10.8. The van der Waals surface area contributed by atoms with Crippen LogP contribution in [0.3, 0.4) is 0 Å². The average molecular weight is 197 g/mol. The van der Waals surface area contributed by atoms with Crippen molar-refractivity contribution in [1.82, 2.24) is 0 Å². The molecule has 0 N–H and O–H groups in total. The summed E-state index contributed by atoms with van der Waals surface area (Å²) < 4.78 is 36.7. The fraction of sp³-hybridized carbons (Fsp3) is 0.100. The lowest BCUT2D eigenvalue weighted by Gasteiger charge is -2.07. The van der Waals surface area contributed by atoms with Gasteiger partial charge in [-0.1, -0.05) is 12.7 Å². The summed E-state index contributed by atoms with van der Waals surface area (Å²) in [5.74, 6) is 0. The molecule has 0 saturated heterocycles. The van der Waals surface area contributed by atoms with Crippen LogP contribution in [-0.4, -0.2) is 0 Å². The van der Waals surface area contributed by atoms with Crippen molar-refractivity contribution in [2.75, 3.05) is 0 Å². The summed E-state index contributed by atoms with van der Waals surface area (Å²) >= 11 is 0. The molecule has 0 unspecified atom stereocenters. The van der Waals surface area contributed by atoms with Gasteiger partial charge >= 0.3 is 6.18 Å². The van der Waals surface area contributed by atoms with Gasteiger partial charge in [0.15, 0.2) is 0 Å². The third-order valence-corrected chi connectivity index (χ3v) is 1.72. The third kappa shape index (κ3) is 1.94. The van der Waals surface area contributed by atoms with Crippen molar-refractivity contribution in [3.8, 4) is 6.07 Å². The minimum atomic E-state index is -4.38. The Morgan fingerprint density at radius 1 is 1.36 bits per heavy atom. The molecule has 0 aromatic heterocycles. The predicted molar refractivity (Wildman–Crippen MR) is 46.3 cm³/mol. The second kappa shape index (κ2) is 3.54. The first-order chi connectivity index (χ1) is 6.49. The van der Waals surface area contributed by atoms with E-state index in [1.165, 1.54) is 6.08 Å². The van der Waals surface area contributed by atoms with Gasteiger partial charge in [0.05, 0.1) is 17.2 Å². The Labute approximate surface area is 79.1 Å². The Bertz CT molecular complexity index is 399. The summed E-state index contributed by atoms with van der Waals surface area (Å²) in [4.78, 5) is 0. The number of rotatable bonds is 1. The molecule has 0 saturated carbocycles. The van der Waals surface area contributed by atoms with Crippen molar-refractivity contribution in [3.63, 3.8) is 0 Å². The molecule has 72 valence electrons. The second-order valence-electron chi connectivity index (χ2n) is 2.62. The lowest BCUT2D eigenvalue weighted by atomic mass is 10.0. The van der Waals surface area contributed by atoms with Gasteiger partial charge in [0.1, 0.15) is 0 Å². The minimum absolute atomic E-state index is 0.188. The van der Waals surface area contributed by atoms with Gasteiger partial charge in [0, 0.05) is 0 Å². The molecular weight excluding hydrogens is 191 g/mol. The molecule has 1 nitrogen and oxygen atoms in total. The number of nitriles is 1. The first-order valence-corrected chi connectivity index (χ1v) is 3.73. The molecule has 0 radical (unpaired) electrons. The topological polar surface area (TPSA) is 23.8 Å². The normalized spacial score (nSPS) is 10.7. The first-order valence-electron chi connectivity index (χ1n) is 3.73. The maximum Gasteiger partial charge on any atom is 0.416 e. The molecular formula is C10H6F3N. The van der Waals surface area contributed by atoms with Crippen LogP contribution in [0.1, 0.15) is 16.7 Å². The van der Waals surface area contributed by atoms with Gasteiger partial charge in [-0.3, -0.25) is 0 Å². The summed E-state index contributed by atoms with van der Waals surface area (Å²) in [5, 5.41) is 8.56. The number of halogens is 3.